The first-order valence-corrected chi connectivity index (χ1v) is 9.17. The lowest BCUT2D eigenvalue weighted by molar-refractivity contribution is 0.414. The number of rotatable bonds is 8. The molecule has 0 aliphatic carbocycles. The van der Waals surface area contributed by atoms with Crippen molar-refractivity contribution >= 4 is 5.96 Å². The van der Waals surface area contributed by atoms with Gasteiger partial charge in [-0.25, -0.2) is 0 Å². The summed E-state index contributed by atoms with van der Waals surface area (Å²) in [6, 6.07) is 10.3. The molecule has 0 bridgehead atoms. The molecule has 6 heteroatoms. The van der Waals surface area contributed by atoms with Gasteiger partial charge in [-0.2, -0.15) is 5.10 Å². The molecule has 1 aromatic carbocycles. The van der Waals surface area contributed by atoms with E-state index in [0.29, 0.717) is 0 Å². The third-order valence-electron chi connectivity index (χ3n) is 4.17. The second kappa shape index (κ2) is 9.85. The molecule has 0 saturated heterocycles. The van der Waals surface area contributed by atoms with Gasteiger partial charge < -0.3 is 15.0 Å². The number of aliphatic imine (C=N–C) groups is 1. The van der Waals surface area contributed by atoms with E-state index in [1.54, 1.807) is 7.11 Å². The minimum atomic E-state index is 0.771. The number of ether oxygens (including phenoxy) is 1. The van der Waals surface area contributed by atoms with Crippen LogP contribution < -0.4 is 10.1 Å². The number of hydrogen-bond donors (Lipinski definition) is 1. The van der Waals surface area contributed by atoms with Crippen molar-refractivity contribution in [3.8, 4) is 5.75 Å². The van der Waals surface area contributed by atoms with Gasteiger partial charge in [0.25, 0.3) is 0 Å². The maximum absolute atomic E-state index is 5.22. The Hall–Kier alpha value is -2.50. The first-order valence-electron chi connectivity index (χ1n) is 9.17. The maximum Gasteiger partial charge on any atom is 0.193 e. The van der Waals surface area contributed by atoms with Crippen LogP contribution in [0.15, 0.2) is 35.3 Å². The summed E-state index contributed by atoms with van der Waals surface area (Å²) in [5.74, 6) is 1.80. The summed E-state index contributed by atoms with van der Waals surface area (Å²) in [5.41, 5.74) is 3.50. The van der Waals surface area contributed by atoms with Gasteiger partial charge in [0.05, 0.1) is 12.8 Å². The molecule has 0 atom stereocenters. The topological polar surface area (TPSA) is 54.7 Å². The predicted octanol–water partition coefficient (Wildman–Crippen LogP) is 3.00. The minimum Gasteiger partial charge on any atom is -0.497 e. The zero-order chi connectivity index (χ0) is 18.9. The fourth-order valence-corrected chi connectivity index (χ4v) is 2.86. The summed E-state index contributed by atoms with van der Waals surface area (Å²) in [5, 5.41) is 7.87. The smallest absolute Gasteiger partial charge is 0.193 e. The molecule has 0 radical (unpaired) electrons. The first kappa shape index (κ1) is 19.8. The summed E-state index contributed by atoms with van der Waals surface area (Å²) < 4.78 is 7.27. The lowest BCUT2D eigenvalue weighted by Gasteiger charge is -2.22. The molecule has 1 N–H and O–H groups in total. The van der Waals surface area contributed by atoms with Crippen LogP contribution in [0, 0.1) is 13.8 Å². The SMILES string of the molecule is CCNC(=NCCCn1nc(C)cc1C)N(C)Cc1ccc(OC)cc1. The Morgan fingerprint density at radius 3 is 2.58 bits per heavy atom. The van der Waals surface area contributed by atoms with Crippen molar-refractivity contribution in [1.82, 2.24) is 20.0 Å². The Morgan fingerprint density at radius 2 is 2.00 bits per heavy atom. The van der Waals surface area contributed by atoms with Crippen molar-refractivity contribution < 1.29 is 4.74 Å². The fraction of sp³-hybridized carbons (Fsp3) is 0.500. The quantitative estimate of drug-likeness (QED) is 0.448. The largest absolute Gasteiger partial charge is 0.497 e. The van der Waals surface area contributed by atoms with Gasteiger partial charge in [0.15, 0.2) is 5.96 Å². The molecule has 2 rings (SSSR count). The predicted molar refractivity (Wildman–Crippen MR) is 107 cm³/mol. The zero-order valence-corrected chi connectivity index (χ0v) is 16.6. The van der Waals surface area contributed by atoms with Crippen LogP contribution >= 0.6 is 0 Å². The molecule has 26 heavy (non-hydrogen) atoms. The average Bonchev–Trinajstić information content (AvgIpc) is 2.95. The molecule has 2 aromatic rings. The standard InChI is InChI=1S/C20H31N5O/c1-6-21-20(22-12-7-13-25-17(3)14-16(2)23-25)24(4)15-18-8-10-19(26-5)11-9-18/h8-11,14H,6-7,12-13,15H2,1-5H3,(H,21,22). The van der Waals surface area contributed by atoms with Gasteiger partial charge in [-0.15, -0.1) is 0 Å². The molecule has 1 heterocycles. The van der Waals surface area contributed by atoms with E-state index in [2.05, 4.69) is 59.1 Å². The molecule has 0 saturated carbocycles. The molecular weight excluding hydrogens is 326 g/mol. The van der Waals surface area contributed by atoms with E-state index in [0.717, 1.165) is 50.0 Å². The molecular formula is C20H31N5O. The molecule has 0 unspecified atom stereocenters. The summed E-state index contributed by atoms with van der Waals surface area (Å²) in [7, 11) is 3.75. The van der Waals surface area contributed by atoms with Gasteiger partial charge in [-0.1, -0.05) is 12.1 Å². The van der Waals surface area contributed by atoms with Crippen molar-refractivity contribution in [2.24, 2.45) is 4.99 Å². The van der Waals surface area contributed by atoms with Gasteiger partial charge >= 0.3 is 0 Å². The number of aryl methyl sites for hydroxylation is 3. The molecule has 1 aromatic heterocycles. The third kappa shape index (κ3) is 5.79. The molecule has 0 aliphatic heterocycles. The summed E-state index contributed by atoms with van der Waals surface area (Å²) in [6.45, 7) is 9.52. The third-order valence-corrected chi connectivity index (χ3v) is 4.17. The highest BCUT2D eigenvalue weighted by atomic mass is 16.5. The van der Waals surface area contributed by atoms with Crippen molar-refractivity contribution in [3.63, 3.8) is 0 Å². The molecule has 0 fully saturated rings. The van der Waals surface area contributed by atoms with Gasteiger partial charge in [-0.05, 0) is 51.0 Å². The van der Waals surface area contributed by atoms with Crippen molar-refractivity contribution in [1.29, 1.82) is 0 Å². The number of nitrogens with one attached hydrogen (secondary N) is 1. The lowest BCUT2D eigenvalue weighted by atomic mass is 10.2. The summed E-state index contributed by atoms with van der Waals surface area (Å²) in [6.07, 6.45) is 0.966. The monoisotopic (exact) mass is 357 g/mol. The van der Waals surface area contributed by atoms with Crippen molar-refractivity contribution in [2.75, 3.05) is 27.2 Å². The van der Waals surface area contributed by atoms with Crippen LogP contribution in [0.1, 0.15) is 30.3 Å². The molecule has 142 valence electrons. The van der Waals surface area contributed by atoms with Crippen molar-refractivity contribution in [3.05, 3.63) is 47.3 Å². The Morgan fingerprint density at radius 1 is 1.27 bits per heavy atom. The molecule has 6 nitrogen and oxygen atoms in total. The number of aromatic nitrogens is 2. The first-order chi connectivity index (χ1) is 12.5. The van der Waals surface area contributed by atoms with Crippen LogP contribution in [0.25, 0.3) is 0 Å². The number of guanidine groups is 1. The number of methoxy groups -OCH3 is 1. The Kier molecular flexibility index (Phi) is 7.51. The normalized spacial score (nSPS) is 11.5. The highest BCUT2D eigenvalue weighted by Gasteiger charge is 2.07. The molecule has 0 aliphatic rings. The van der Waals surface area contributed by atoms with E-state index in [1.165, 1.54) is 11.3 Å². The van der Waals surface area contributed by atoms with Crippen LogP contribution in [0.2, 0.25) is 0 Å². The van der Waals surface area contributed by atoms with Crippen LogP contribution in [0.5, 0.6) is 5.75 Å². The van der Waals surface area contributed by atoms with E-state index >= 15 is 0 Å². The van der Waals surface area contributed by atoms with E-state index in [1.807, 2.05) is 19.1 Å². The minimum absolute atomic E-state index is 0.771. The van der Waals surface area contributed by atoms with Crippen molar-refractivity contribution in [2.45, 2.75) is 40.3 Å². The Balaban J connectivity index is 1.90. The number of nitrogens with zero attached hydrogens (tertiary/aromatic N) is 4. The summed E-state index contributed by atoms with van der Waals surface area (Å²) in [4.78, 5) is 6.91. The van der Waals surface area contributed by atoms with Gasteiger partial charge in [-0.3, -0.25) is 9.67 Å². The van der Waals surface area contributed by atoms with E-state index in [4.69, 9.17) is 9.73 Å². The number of hydrogen-bond acceptors (Lipinski definition) is 3. The van der Waals surface area contributed by atoms with Crippen LogP contribution in [-0.4, -0.2) is 47.9 Å². The van der Waals surface area contributed by atoms with E-state index in [9.17, 15) is 0 Å². The van der Waals surface area contributed by atoms with Gasteiger partial charge in [0.1, 0.15) is 5.75 Å². The van der Waals surface area contributed by atoms with E-state index in [-0.39, 0.29) is 0 Å². The molecule has 0 spiro atoms. The van der Waals surface area contributed by atoms with Crippen LogP contribution in [0.3, 0.4) is 0 Å². The Labute approximate surface area is 156 Å². The molecule has 0 amide bonds. The highest BCUT2D eigenvalue weighted by molar-refractivity contribution is 5.79. The fourth-order valence-electron chi connectivity index (χ4n) is 2.86. The van der Waals surface area contributed by atoms with Gasteiger partial charge in [0.2, 0.25) is 0 Å². The lowest BCUT2D eigenvalue weighted by Crippen LogP contribution is -2.38. The maximum atomic E-state index is 5.22. The zero-order valence-electron chi connectivity index (χ0n) is 16.6. The van der Waals surface area contributed by atoms with E-state index < -0.39 is 0 Å². The number of benzene rings is 1. The van der Waals surface area contributed by atoms with Crippen LogP contribution in [0.4, 0.5) is 0 Å². The van der Waals surface area contributed by atoms with Crippen LogP contribution in [-0.2, 0) is 13.1 Å². The summed E-state index contributed by atoms with van der Waals surface area (Å²) >= 11 is 0. The second-order valence-electron chi connectivity index (χ2n) is 6.44. The second-order valence-corrected chi connectivity index (χ2v) is 6.44. The van der Waals surface area contributed by atoms with Gasteiger partial charge in [0, 0.05) is 38.9 Å². The Bertz CT molecular complexity index is 705. The highest BCUT2D eigenvalue weighted by Crippen LogP contribution is 2.12. The average molecular weight is 358 g/mol.